The smallest absolute Gasteiger partial charge is 0.326 e. The second-order valence-electron chi connectivity index (χ2n) is 10.4. The Hall–Kier alpha value is -2.61. The van der Waals surface area contributed by atoms with Crippen LogP contribution in [-0.2, 0) is 14.6 Å². The van der Waals surface area contributed by atoms with Gasteiger partial charge in [0, 0.05) is 24.8 Å². The summed E-state index contributed by atoms with van der Waals surface area (Å²) in [7, 11) is -3.21. The lowest BCUT2D eigenvalue weighted by Gasteiger charge is -2.21. The van der Waals surface area contributed by atoms with Crippen molar-refractivity contribution in [2.45, 2.75) is 105 Å². The van der Waals surface area contributed by atoms with Crippen LogP contribution in [0.15, 0.2) is 59.5 Å². The lowest BCUT2D eigenvalue weighted by Crippen LogP contribution is -2.24. The molecule has 1 fully saturated rings. The first-order valence-electron chi connectivity index (χ1n) is 13.6. The van der Waals surface area contributed by atoms with Gasteiger partial charge in [0.15, 0.2) is 9.84 Å². The van der Waals surface area contributed by atoms with Gasteiger partial charge in [0.05, 0.1) is 4.90 Å². The summed E-state index contributed by atoms with van der Waals surface area (Å²) >= 11 is 0. The number of carbonyl (C=O) groups is 1. The largest absolute Gasteiger partial charge is 0.386 e. The fourth-order valence-corrected chi connectivity index (χ4v) is 4.52. The van der Waals surface area contributed by atoms with Crippen LogP contribution < -0.4 is 5.32 Å². The number of alkyl halides is 3. The molecule has 40 heavy (non-hydrogen) atoms. The molecule has 0 unspecified atom stereocenters. The first-order chi connectivity index (χ1) is 18.3. The Morgan fingerprint density at radius 1 is 0.950 bits per heavy atom. The summed E-state index contributed by atoms with van der Waals surface area (Å²) in [6, 6.07) is 13.4. The van der Waals surface area contributed by atoms with Crippen molar-refractivity contribution in [2.24, 2.45) is 5.92 Å². The van der Waals surface area contributed by atoms with E-state index in [-0.39, 0.29) is 18.7 Å². The normalized spacial score (nSPS) is 12.9. The quantitative estimate of drug-likeness (QED) is 0.365. The van der Waals surface area contributed by atoms with Crippen molar-refractivity contribution < 1.29 is 26.4 Å². The lowest BCUT2D eigenvalue weighted by molar-refractivity contribution is -0.120. The molecule has 2 aromatic carbocycles. The van der Waals surface area contributed by atoms with E-state index < -0.39 is 16.0 Å². The van der Waals surface area contributed by atoms with Crippen molar-refractivity contribution in [3.8, 4) is 0 Å². The number of hydrogen-bond donors (Lipinski definition) is 1. The fraction of sp³-hybridized carbons (Fsp3) is 0.531. The van der Waals surface area contributed by atoms with Crippen molar-refractivity contribution in [1.82, 2.24) is 0 Å². The van der Waals surface area contributed by atoms with Gasteiger partial charge < -0.3 is 5.32 Å². The van der Waals surface area contributed by atoms with Gasteiger partial charge in [0.25, 0.3) is 0 Å². The number of sulfone groups is 1. The number of nitrogens with one attached hydrogen (secondary N) is 1. The van der Waals surface area contributed by atoms with Gasteiger partial charge in [0.1, 0.15) is 0 Å². The van der Waals surface area contributed by atoms with E-state index in [1.54, 1.807) is 25.1 Å². The molecule has 0 bridgehead atoms. The molecule has 1 aliphatic rings. The third kappa shape index (κ3) is 23.3. The highest BCUT2D eigenvalue weighted by Gasteiger charge is 2.21. The molecule has 4 nitrogen and oxygen atoms in total. The van der Waals surface area contributed by atoms with E-state index in [2.05, 4.69) is 63.9 Å². The van der Waals surface area contributed by atoms with E-state index in [1.807, 2.05) is 13.8 Å². The molecule has 1 aliphatic carbocycles. The highest BCUT2D eigenvalue weighted by molar-refractivity contribution is 7.90. The standard InChI is InChI=1S/C15H21NO3S.C8H10.C4H8.C3H8.C2H3F3/c1-11-10-13(8-9-14(11)20(2,18)19)16-15(17)12-6-4-3-5-7-12;1-7-4-3-5-8(2)6-7;1-4(2)3;1-3-2;1-2(3,4)5/h8-10,12H,3-7H2,1-2H3,(H,16,17);3-6H,1-2H3;1H2,2-3H3;3H2,1-2H3;1H3. The van der Waals surface area contributed by atoms with E-state index in [1.165, 1.54) is 35.8 Å². The molecule has 0 atom stereocenters. The molecule has 0 radical (unpaired) electrons. The van der Waals surface area contributed by atoms with E-state index in [0.29, 0.717) is 16.1 Å². The van der Waals surface area contributed by atoms with Gasteiger partial charge in [-0.25, -0.2) is 8.42 Å². The molecule has 0 aliphatic heterocycles. The van der Waals surface area contributed by atoms with Crippen molar-refractivity contribution in [3.05, 3.63) is 71.3 Å². The summed E-state index contributed by atoms with van der Waals surface area (Å²) < 4.78 is 54.2. The molecule has 1 N–H and O–H groups in total. The Morgan fingerprint density at radius 3 is 1.70 bits per heavy atom. The van der Waals surface area contributed by atoms with E-state index in [4.69, 9.17) is 0 Å². The molecule has 8 heteroatoms. The number of amides is 1. The topological polar surface area (TPSA) is 63.2 Å². The summed E-state index contributed by atoms with van der Waals surface area (Å²) in [5.74, 6) is 0.148. The maximum atomic E-state index is 12.1. The van der Waals surface area contributed by atoms with E-state index >= 15 is 0 Å². The maximum absolute atomic E-state index is 12.1. The number of halogens is 3. The van der Waals surface area contributed by atoms with Crippen LogP contribution >= 0.6 is 0 Å². The molecular formula is C32H50F3NO3S. The predicted molar refractivity (Wildman–Crippen MR) is 164 cm³/mol. The zero-order chi connectivity index (χ0) is 31.5. The van der Waals surface area contributed by atoms with Crippen LogP contribution in [0.25, 0.3) is 0 Å². The van der Waals surface area contributed by atoms with Crippen LogP contribution in [0.2, 0.25) is 0 Å². The summed E-state index contributed by atoms with van der Waals surface area (Å²) in [4.78, 5) is 12.4. The molecule has 2 aromatic rings. The average molecular weight is 586 g/mol. The third-order valence-corrected chi connectivity index (χ3v) is 6.25. The van der Waals surface area contributed by atoms with Crippen LogP contribution in [0.4, 0.5) is 18.9 Å². The second-order valence-corrected chi connectivity index (χ2v) is 12.4. The first-order valence-corrected chi connectivity index (χ1v) is 15.5. The molecule has 0 heterocycles. The Labute approximate surface area is 241 Å². The monoisotopic (exact) mass is 585 g/mol. The summed E-state index contributed by atoms with van der Waals surface area (Å²) in [6.45, 7) is 17.9. The van der Waals surface area contributed by atoms with Crippen LogP contribution in [0.1, 0.15) is 89.8 Å². The van der Waals surface area contributed by atoms with Gasteiger partial charge in [-0.15, -0.1) is 6.58 Å². The number of rotatable bonds is 3. The fourth-order valence-electron chi connectivity index (χ4n) is 3.56. The molecule has 3 rings (SSSR count). The minimum Gasteiger partial charge on any atom is -0.326 e. The van der Waals surface area contributed by atoms with Gasteiger partial charge >= 0.3 is 6.18 Å². The molecule has 0 spiro atoms. The van der Waals surface area contributed by atoms with Gasteiger partial charge in [-0.1, -0.05) is 80.5 Å². The number of aryl methyl sites for hydroxylation is 3. The summed E-state index contributed by atoms with van der Waals surface area (Å²) in [5, 5.41) is 2.90. The zero-order valence-corrected chi connectivity index (χ0v) is 26.7. The highest BCUT2D eigenvalue weighted by Crippen LogP contribution is 2.26. The number of anilines is 1. The van der Waals surface area contributed by atoms with Crippen molar-refractivity contribution in [3.63, 3.8) is 0 Å². The van der Waals surface area contributed by atoms with Crippen molar-refractivity contribution in [1.29, 1.82) is 0 Å². The lowest BCUT2D eigenvalue weighted by atomic mass is 9.88. The van der Waals surface area contributed by atoms with Gasteiger partial charge in [-0.3, -0.25) is 4.79 Å². The van der Waals surface area contributed by atoms with Gasteiger partial charge in [0.2, 0.25) is 5.91 Å². The Morgan fingerprint density at radius 2 is 1.38 bits per heavy atom. The third-order valence-electron chi connectivity index (χ3n) is 4.99. The SMILES string of the molecule is C=C(C)C.CC(F)(F)F.CCC.Cc1cc(NC(=O)C2CCCCC2)ccc1S(C)(=O)=O.Cc1cccc(C)c1. The molecule has 1 amide bonds. The second kappa shape index (κ2) is 20.3. The number of hydrogen-bond acceptors (Lipinski definition) is 3. The number of allylic oxidation sites excluding steroid dienone is 1. The van der Waals surface area contributed by atoms with E-state index in [9.17, 15) is 26.4 Å². The Kier molecular flexibility index (Phi) is 20.1. The summed E-state index contributed by atoms with van der Waals surface area (Å²) in [5.41, 5.74) is 5.18. The predicted octanol–water partition coefficient (Wildman–Crippen LogP) is 9.79. The Bertz CT molecular complexity index is 1090. The van der Waals surface area contributed by atoms with Crippen LogP contribution in [0.3, 0.4) is 0 Å². The number of benzene rings is 2. The van der Waals surface area contributed by atoms with Gasteiger partial charge in [-0.05, 0) is 71.2 Å². The average Bonchev–Trinajstić information content (AvgIpc) is 2.78. The molecule has 1 saturated carbocycles. The molecule has 228 valence electrons. The van der Waals surface area contributed by atoms with Crippen LogP contribution in [-0.4, -0.2) is 26.8 Å². The molecule has 0 aromatic heterocycles. The van der Waals surface area contributed by atoms with Crippen molar-refractivity contribution in [2.75, 3.05) is 11.6 Å². The summed E-state index contributed by atoms with van der Waals surface area (Å²) in [6.07, 6.45) is 3.79. The zero-order valence-electron chi connectivity index (χ0n) is 25.8. The number of carbonyl (C=O) groups excluding carboxylic acids is 1. The maximum Gasteiger partial charge on any atom is 0.386 e. The molecule has 0 saturated heterocycles. The minimum absolute atomic E-state index is 0.0520. The van der Waals surface area contributed by atoms with Crippen molar-refractivity contribution >= 4 is 21.4 Å². The van der Waals surface area contributed by atoms with Gasteiger partial charge in [-0.2, -0.15) is 13.2 Å². The minimum atomic E-state index is -4.00. The van der Waals surface area contributed by atoms with Crippen LogP contribution in [0, 0.1) is 26.7 Å². The highest BCUT2D eigenvalue weighted by atomic mass is 32.2. The Balaban J connectivity index is 0. The van der Waals surface area contributed by atoms with Crippen LogP contribution in [0.5, 0.6) is 0 Å². The van der Waals surface area contributed by atoms with E-state index in [0.717, 1.165) is 25.7 Å². The first kappa shape index (κ1) is 39.5. The molecular weight excluding hydrogens is 535 g/mol.